The van der Waals surface area contributed by atoms with E-state index in [2.05, 4.69) is 15.1 Å². The molecule has 1 aliphatic heterocycles. The number of pyridine rings is 1. The molecule has 28 heavy (non-hydrogen) atoms. The van der Waals surface area contributed by atoms with Crippen LogP contribution in [-0.4, -0.2) is 26.1 Å². The van der Waals surface area contributed by atoms with E-state index in [1.807, 2.05) is 11.8 Å². The summed E-state index contributed by atoms with van der Waals surface area (Å²) in [6.45, 7) is 6.12. The van der Waals surface area contributed by atoms with Crippen LogP contribution in [0.25, 0.3) is 5.65 Å². The molecule has 0 bridgehead atoms. The normalized spacial score (nSPS) is 14.4. The fourth-order valence-electron chi connectivity index (χ4n) is 3.42. The summed E-state index contributed by atoms with van der Waals surface area (Å²) < 4.78 is 40.3. The molecule has 0 aliphatic carbocycles. The van der Waals surface area contributed by atoms with Crippen LogP contribution in [0.5, 0.6) is 0 Å². The summed E-state index contributed by atoms with van der Waals surface area (Å²) in [4.78, 5) is 22.8. The Morgan fingerprint density at radius 2 is 1.89 bits per heavy atom. The molecule has 0 N–H and O–H groups in total. The lowest BCUT2D eigenvalue weighted by Gasteiger charge is -2.30. The number of fused-ring (bicyclic) bond motifs is 2. The van der Waals surface area contributed by atoms with Gasteiger partial charge in [0.2, 0.25) is 0 Å². The first-order chi connectivity index (χ1) is 13.1. The third-order valence-electron chi connectivity index (χ3n) is 5.11. The van der Waals surface area contributed by atoms with Gasteiger partial charge < -0.3 is 4.90 Å². The first-order valence-electron chi connectivity index (χ1n) is 8.83. The second-order valence-electron chi connectivity index (χ2n) is 7.05. The van der Waals surface area contributed by atoms with Crippen LogP contribution in [0.2, 0.25) is 0 Å². The second-order valence-corrected chi connectivity index (χ2v) is 7.05. The van der Waals surface area contributed by atoms with Crippen molar-refractivity contribution >= 4 is 11.5 Å². The summed E-state index contributed by atoms with van der Waals surface area (Å²) in [6, 6.07) is 2.92. The van der Waals surface area contributed by atoms with Gasteiger partial charge in [-0.05, 0) is 44.0 Å². The van der Waals surface area contributed by atoms with Crippen molar-refractivity contribution < 1.29 is 13.2 Å². The standard InChI is InChI=1S/C19H18F3N5O/c1-10-6-16-24-12(3)11(2)18(28)27(16)25-17(10)26-5-4-15-13(9-26)7-14(8-23-15)19(20,21)22/h6-8H,4-5,9H2,1-3H3. The van der Waals surface area contributed by atoms with Gasteiger partial charge in [-0.1, -0.05) is 0 Å². The Bertz CT molecular complexity index is 1150. The predicted octanol–water partition coefficient (Wildman–Crippen LogP) is 2.99. The van der Waals surface area contributed by atoms with E-state index >= 15 is 0 Å². The van der Waals surface area contributed by atoms with Gasteiger partial charge in [0.05, 0.1) is 5.56 Å². The number of halogens is 3. The zero-order chi connectivity index (χ0) is 20.2. The minimum absolute atomic E-state index is 0.248. The molecule has 4 rings (SSSR count). The number of nitrogens with zero attached hydrogens (tertiary/aromatic N) is 5. The molecular weight excluding hydrogens is 371 g/mol. The van der Waals surface area contributed by atoms with Crippen molar-refractivity contribution in [2.45, 2.75) is 39.9 Å². The molecule has 1 aliphatic rings. The second kappa shape index (κ2) is 6.29. The van der Waals surface area contributed by atoms with Crippen LogP contribution in [0.1, 0.15) is 33.6 Å². The Labute approximate surface area is 158 Å². The number of aromatic nitrogens is 4. The van der Waals surface area contributed by atoms with Gasteiger partial charge in [-0.25, -0.2) is 4.98 Å². The van der Waals surface area contributed by atoms with Gasteiger partial charge in [-0.2, -0.15) is 17.7 Å². The fraction of sp³-hybridized carbons (Fsp3) is 0.368. The Balaban J connectivity index is 1.77. The zero-order valence-corrected chi connectivity index (χ0v) is 15.6. The van der Waals surface area contributed by atoms with Crippen molar-refractivity contribution in [3.8, 4) is 0 Å². The van der Waals surface area contributed by atoms with E-state index in [9.17, 15) is 18.0 Å². The van der Waals surface area contributed by atoms with Crippen molar-refractivity contribution in [1.82, 2.24) is 19.6 Å². The summed E-state index contributed by atoms with van der Waals surface area (Å²) in [5, 5.41) is 4.47. The third kappa shape index (κ3) is 3.00. The Hall–Kier alpha value is -2.97. The van der Waals surface area contributed by atoms with E-state index in [0.29, 0.717) is 46.9 Å². The van der Waals surface area contributed by atoms with E-state index < -0.39 is 11.7 Å². The minimum Gasteiger partial charge on any atom is -0.350 e. The Kier molecular flexibility index (Phi) is 4.13. The highest BCUT2D eigenvalue weighted by atomic mass is 19.4. The number of hydrogen-bond acceptors (Lipinski definition) is 5. The summed E-state index contributed by atoms with van der Waals surface area (Å²) in [6.07, 6.45) is -3.05. The van der Waals surface area contributed by atoms with Gasteiger partial charge in [0.1, 0.15) is 0 Å². The van der Waals surface area contributed by atoms with Crippen molar-refractivity contribution in [1.29, 1.82) is 0 Å². The van der Waals surface area contributed by atoms with Gasteiger partial charge >= 0.3 is 6.18 Å². The molecule has 0 aromatic carbocycles. The highest BCUT2D eigenvalue weighted by Crippen LogP contribution is 2.32. The molecule has 0 saturated carbocycles. The van der Waals surface area contributed by atoms with Crippen LogP contribution in [0.15, 0.2) is 23.1 Å². The summed E-state index contributed by atoms with van der Waals surface area (Å²) >= 11 is 0. The maximum Gasteiger partial charge on any atom is 0.417 e. The van der Waals surface area contributed by atoms with Crippen LogP contribution in [0.3, 0.4) is 0 Å². The lowest BCUT2D eigenvalue weighted by Crippen LogP contribution is -2.34. The number of anilines is 1. The van der Waals surface area contributed by atoms with E-state index in [0.717, 1.165) is 17.8 Å². The SMILES string of the molecule is Cc1cc2nc(C)c(C)c(=O)n2nc1N1CCc2ncc(C(F)(F)F)cc2C1. The maximum atomic E-state index is 13.0. The van der Waals surface area contributed by atoms with Gasteiger partial charge in [0, 0.05) is 42.7 Å². The van der Waals surface area contributed by atoms with Crippen molar-refractivity contribution in [3.63, 3.8) is 0 Å². The highest BCUT2D eigenvalue weighted by Gasteiger charge is 2.32. The number of alkyl halides is 3. The maximum absolute atomic E-state index is 13.0. The van der Waals surface area contributed by atoms with E-state index in [1.165, 1.54) is 4.52 Å². The zero-order valence-electron chi connectivity index (χ0n) is 15.6. The van der Waals surface area contributed by atoms with E-state index in [1.54, 1.807) is 19.9 Å². The first kappa shape index (κ1) is 18.4. The molecule has 6 nitrogen and oxygen atoms in total. The van der Waals surface area contributed by atoms with Crippen molar-refractivity contribution in [3.05, 3.63) is 62.3 Å². The van der Waals surface area contributed by atoms with E-state index in [4.69, 9.17) is 0 Å². The quantitative estimate of drug-likeness (QED) is 0.640. The third-order valence-corrected chi connectivity index (χ3v) is 5.11. The molecular formula is C19H18F3N5O. The molecule has 0 fully saturated rings. The average Bonchev–Trinajstić information content (AvgIpc) is 2.64. The molecule has 0 amide bonds. The minimum atomic E-state index is -4.43. The van der Waals surface area contributed by atoms with Crippen molar-refractivity contribution in [2.75, 3.05) is 11.4 Å². The molecule has 3 aromatic rings. The highest BCUT2D eigenvalue weighted by molar-refractivity contribution is 5.54. The van der Waals surface area contributed by atoms with Crippen LogP contribution in [-0.2, 0) is 19.1 Å². The first-order valence-corrected chi connectivity index (χ1v) is 8.83. The number of rotatable bonds is 1. The van der Waals surface area contributed by atoms with Gasteiger partial charge in [0.25, 0.3) is 5.56 Å². The average molecular weight is 389 g/mol. The fourth-order valence-corrected chi connectivity index (χ4v) is 3.42. The molecule has 0 saturated heterocycles. The van der Waals surface area contributed by atoms with Crippen LogP contribution in [0.4, 0.5) is 19.0 Å². The molecule has 0 atom stereocenters. The molecule has 0 radical (unpaired) electrons. The summed E-state index contributed by atoms with van der Waals surface area (Å²) in [5.74, 6) is 0.558. The topological polar surface area (TPSA) is 63.4 Å². The summed E-state index contributed by atoms with van der Waals surface area (Å²) in [5.41, 5.74) is 2.59. The number of aryl methyl sites for hydroxylation is 2. The molecule has 0 unspecified atom stereocenters. The molecule has 3 aromatic heterocycles. The summed E-state index contributed by atoms with van der Waals surface area (Å²) in [7, 11) is 0. The largest absolute Gasteiger partial charge is 0.417 e. The monoisotopic (exact) mass is 389 g/mol. The van der Waals surface area contributed by atoms with Crippen LogP contribution in [0, 0.1) is 20.8 Å². The molecule has 4 heterocycles. The van der Waals surface area contributed by atoms with Crippen molar-refractivity contribution in [2.24, 2.45) is 0 Å². The predicted molar refractivity (Wildman–Crippen MR) is 97.5 cm³/mol. The number of hydrogen-bond donors (Lipinski definition) is 0. The lowest BCUT2D eigenvalue weighted by atomic mass is 10.0. The molecule has 0 spiro atoms. The van der Waals surface area contributed by atoms with Gasteiger partial charge in [-0.15, -0.1) is 5.10 Å². The Morgan fingerprint density at radius 1 is 1.14 bits per heavy atom. The smallest absolute Gasteiger partial charge is 0.350 e. The van der Waals surface area contributed by atoms with E-state index in [-0.39, 0.29) is 12.1 Å². The van der Waals surface area contributed by atoms with Gasteiger partial charge in [-0.3, -0.25) is 9.78 Å². The molecule has 146 valence electrons. The Morgan fingerprint density at radius 3 is 2.61 bits per heavy atom. The lowest BCUT2D eigenvalue weighted by molar-refractivity contribution is -0.137. The van der Waals surface area contributed by atoms with Crippen LogP contribution < -0.4 is 10.5 Å². The van der Waals surface area contributed by atoms with Gasteiger partial charge in [0.15, 0.2) is 11.5 Å². The molecule has 9 heteroatoms. The van der Waals surface area contributed by atoms with Crippen LogP contribution >= 0.6 is 0 Å².